The van der Waals surface area contributed by atoms with E-state index in [0.717, 1.165) is 39.1 Å². The number of nitrogens with zero attached hydrogens (tertiary/aromatic N) is 4. The zero-order valence-corrected chi connectivity index (χ0v) is 24.1. The largest absolute Gasteiger partial charge is 0.497 e. The van der Waals surface area contributed by atoms with Gasteiger partial charge in [-0.05, 0) is 75.6 Å². The van der Waals surface area contributed by atoms with E-state index in [1.165, 1.54) is 6.20 Å². The molecule has 1 amide bonds. The highest BCUT2D eigenvalue weighted by Gasteiger charge is 2.28. The summed E-state index contributed by atoms with van der Waals surface area (Å²) in [7, 11) is -0.285. The first kappa shape index (κ1) is 28.8. The maximum Gasteiger partial charge on any atom is 0.251 e. The molecule has 1 aromatic heterocycles. The summed E-state index contributed by atoms with van der Waals surface area (Å²) in [4.78, 5) is 24.6. The molecule has 0 bridgehead atoms. The predicted molar refractivity (Wildman–Crippen MR) is 155 cm³/mol. The van der Waals surface area contributed by atoms with Crippen molar-refractivity contribution in [2.45, 2.75) is 30.1 Å². The lowest BCUT2D eigenvalue weighted by molar-refractivity contribution is 0.0949. The van der Waals surface area contributed by atoms with E-state index in [0.29, 0.717) is 47.5 Å². The molecule has 0 unspecified atom stereocenters. The van der Waals surface area contributed by atoms with E-state index in [-0.39, 0.29) is 15.7 Å². The summed E-state index contributed by atoms with van der Waals surface area (Å²) in [5.41, 5.74) is 1.73. The van der Waals surface area contributed by atoms with Crippen molar-refractivity contribution in [2.24, 2.45) is 0 Å². The van der Waals surface area contributed by atoms with Crippen LogP contribution in [0.5, 0.6) is 5.75 Å². The van der Waals surface area contributed by atoms with Crippen molar-refractivity contribution in [3.63, 3.8) is 0 Å². The van der Waals surface area contributed by atoms with Crippen molar-refractivity contribution in [3.8, 4) is 5.75 Å². The van der Waals surface area contributed by atoms with Gasteiger partial charge in [0.2, 0.25) is 9.84 Å². The van der Waals surface area contributed by atoms with Gasteiger partial charge in [0.1, 0.15) is 10.6 Å². The fraction of sp³-hybridized carbons (Fsp3) is 0.448. The average Bonchev–Trinajstić information content (AvgIpc) is 3.18. The van der Waals surface area contributed by atoms with Gasteiger partial charge in [-0.3, -0.25) is 9.78 Å². The second-order valence-corrected chi connectivity index (χ2v) is 11.7. The van der Waals surface area contributed by atoms with Gasteiger partial charge in [-0.1, -0.05) is 13.8 Å². The highest BCUT2D eigenvalue weighted by atomic mass is 32.2. The first-order chi connectivity index (χ1) is 18.8. The second kappa shape index (κ2) is 12.8. The van der Waals surface area contributed by atoms with Crippen LogP contribution in [0.1, 0.15) is 30.6 Å². The van der Waals surface area contributed by atoms with E-state index in [1.54, 1.807) is 49.6 Å². The third kappa shape index (κ3) is 6.51. The van der Waals surface area contributed by atoms with Gasteiger partial charge >= 0.3 is 0 Å². The minimum Gasteiger partial charge on any atom is -0.497 e. The van der Waals surface area contributed by atoms with E-state index in [2.05, 4.69) is 45.9 Å². The molecule has 4 rings (SSSR count). The van der Waals surface area contributed by atoms with Gasteiger partial charge in [0, 0.05) is 49.9 Å². The smallest absolute Gasteiger partial charge is 0.251 e. The van der Waals surface area contributed by atoms with Crippen LogP contribution < -0.4 is 15.0 Å². The molecule has 1 aliphatic heterocycles. The van der Waals surface area contributed by atoms with Gasteiger partial charge in [0.05, 0.1) is 23.2 Å². The van der Waals surface area contributed by atoms with Crippen molar-refractivity contribution in [1.82, 2.24) is 20.1 Å². The highest BCUT2D eigenvalue weighted by molar-refractivity contribution is 7.91. The van der Waals surface area contributed by atoms with Crippen LogP contribution in [-0.4, -0.2) is 95.6 Å². The number of anilines is 1. The van der Waals surface area contributed by atoms with Crippen molar-refractivity contribution >= 4 is 32.3 Å². The molecule has 9 nitrogen and oxygen atoms in total. The SMILES string of the molecule is CCN(CC)CCNC(=O)c1ccc2ncc(S(=O)(=O)c3ccc(OC)cc3)c(N3CCCN(C)CC3)c2c1. The molecule has 1 fully saturated rings. The van der Waals surface area contributed by atoms with Crippen LogP contribution in [0.3, 0.4) is 0 Å². The lowest BCUT2D eigenvalue weighted by atomic mass is 10.1. The average molecular weight is 554 g/mol. The first-order valence-corrected chi connectivity index (χ1v) is 15.0. The Bertz CT molecular complexity index is 1390. The molecular formula is C29H39N5O4S. The Hall–Kier alpha value is -3.21. The number of methoxy groups -OCH3 is 1. The van der Waals surface area contributed by atoms with Gasteiger partial charge in [0.15, 0.2) is 0 Å². The Morgan fingerprint density at radius 1 is 1.05 bits per heavy atom. The summed E-state index contributed by atoms with van der Waals surface area (Å²) in [6, 6.07) is 11.7. The fourth-order valence-corrected chi connectivity index (χ4v) is 6.38. The van der Waals surface area contributed by atoms with Crippen LogP contribution in [0.4, 0.5) is 5.69 Å². The summed E-state index contributed by atoms with van der Waals surface area (Å²) in [5, 5.41) is 3.67. The van der Waals surface area contributed by atoms with Crippen molar-refractivity contribution in [3.05, 3.63) is 54.2 Å². The molecule has 0 saturated carbocycles. The number of aromatic nitrogens is 1. The number of fused-ring (bicyclic) bond motifs is 1. The summed E-state index contributed by atoms with van der Waals surface area (Å²) < 4.78 is 33.2. The van der Waals surface area contributed by atoms with Gasteiger partial charge in [-0.2, -0.15) is 0 Å². The van der Waals surface area contributed by atoms with E-state index >= 15 is 0 Å². The van der Waals surface area contributed by atoms with Crippen molar-refractivity contribution in [2.75, 3.05) is 71.4 Å². The summed E-state index contributed by atoms with van der Waals surface area (Å²) in [5.74, 6) is 0.395. The fourth-order valence-electron chi connectivity index (χ4n) is 4.95. The zero-order valence-electron chi connectivity index (χ0n) is 23.3. The monoisotopic (exact) mass is 553 g/mol. The number of pyridine rings is 1. The maximum atomic E-state index is 14.0. The maximum absolute atomic E-state index is 14.0. The molecule has 2 heterocycles. The van der Waals surface area contributed by atoms with Crippen molar-refractivity contribution in [1.29, 1.82) is 0 Å². The molecule has 1 N–H and O–H groups in total. The molecule has 1 aliphatic rings. The van der Waals surface area contributed by atoms with Gasteiger partial charge in [0.25, 0.3) is 5.91 Å². The number of hydrogen-bond acceptors (Lipinski definition) is 8. The first-order valence-electron chi connectivity index (χ1n) is 13.5. The molecular weight excluding hydrogens is 514 g/mol. The minimum atomic E-state index is -3.90. The van der Waals surface area contributed by atoms with Crippen LogP contribution in [0.15, 0.2) is 58.5 Å². The Morgan fingerprint density at radius 2 is 1.79 bits per heavy atom. The number of sulfone groups is 1. The lowest BCUT2D eigenvalue weighted by Gasteiger charge is -2.27. The minimum absolute atomic E-state index is 0.142. The number of carbonyl (C=O) groups excluding carboxylic acids is 1. The van der Waals surface area contributed by atoms with Gasteiger partial charge in [-0.15, -0.1) is 0 Å². The Balaban J connectivity index is 1.79. The number of carbonyl (C=O) groups is 1. The number of nitrogens with one attached hydrogen (secondary N) is 1. The quantitative estimate of drug-likeness (QED) is 0.409. The third-order valence-electron chi connectivity index (χ3n) is 7.37. The molecule has 2 aromatic carbocycles. The number of amides is 1. The molecule has 10 heteroatoms. The Morgan fingerprint density at radius 3 is 2.49 bits per heavy atom. The molecule has 210 valence electrons. The van der Waals surface area contributed by atoms with E-state index in [1.807, 2.05) is 0 Å². The van der Waals surface area contributed by atoms with Crippen LogP contribution in [0.25, 0.3) is 10.9 Å². The Kier molecular flexibility index (Phi) is 9.42. The van der Waals surface area contributed by atoms with E-state index in [9.17, 15) is 13.2 Å². The number of likely N-dealkylation sites (N-methyl/N-ethyl adjacent to an activating group) is 2. The molecule has 3 aromatic rings. The molecule has 39 heavy (non-hydrogen) atoms. The third-order valence-corrected chi connectivity index (χ3v) is 9.14. The van der Waals surface area contributed by atoms with Crippen molar-refractivity contribution < 1.29 is 17.9 Å². The zero-order chi connectivity index (χ0) is 28.0. The van der Waals surface area contributed by atoms with Gasteiger partial charge < -0.3 is 24.8 Å². The lowest BCUT2D eigenvalue weighted by Crippen LogP contribution is -2.34. The second-order valence-electron chi connectivity index (χ2n) is 9.81. The van der Waals surface area contributed by atoms with Gasteiger partial charge in [-0.25, -0.2) is 8.42 Å². The topological polar surface area (TPSA) is 95.1 Å². The van der Waals surface area contributed by atoms with E-state index < -0.39 is 9.84 Å². The number of hydrogen-bond donors (Lipinski definition) is 1. The summed E-state index contributed by atoms with van der Waals surface area (Å²) in [6.45, 7) is 10.5. The highest BCUT2D eigenvalue weighted by Crippen LogP contribution is 2.37. The van der Waals surface area contributed by atoms with E-state index in [4.69, 9.17) is 4.74 Å². The normalized spacial score (nSPS) is 14.9. The molecule has 0 atom stereocenters. The number of rotatable bonds is 10. The summed E-state index contributed by atoms with van der Waals surface area (Å²) >= 11 is 0. The number of benzene rings is 2. The van der Waals surface area contributed by atoms with Crippen LogP contribution in [0, 0.1) is 0 Å². The van der Waals surface area contributed by atoms with Crippen LogP contribution >= 0.6 is 0 Å². The standard InChI is InChI=1S/C29H39N5O4S/c1-5-33(6-2)17-14-30-29(35)22-8-13-26-25(20-22)28(34-16-7-15-32(3)18-19-34)27(21-31-26)39(36,37)24-11-9-23(38-4)10-12-24/h8-13,20-21H,5-7,14-19H2,1-4H3,(H,30,35). The van der Waals surface area contributed by atoms with Crippen LogP contribution in [0.2, 0.25) is 0 Å². The van der Waals surface area contributed by atoms with Crippen LogP contribution in [-0.2, 0) is 9.84 Å². The molecule has 0 radical (unpaired) electrons. The molecule has 1 saturated heterocycles. The number of ether oxygens (including phenoxy) is 1. The molecule has 0 spiro atoms. The predicted octanol–water partition coefficient (Wildman–Crippen LogP) is 3.29. The summed E-state index contributed by atoms with van der Waals surface area (Å²) in [6.07, 6.45) is 2.35. The molecule has 0 aliphatic carbocycles. The Labute approximate surface area is 231 Å².